The van der Waals surface area contributed by atoms with Gasteiger partial charge in [-0.2, -0.15) is 0 Å². The molecule has 4 heteroatoms. The maximum atomic E-state index is 13.0. The van der Waals surface area contributed by atoms with E-state index in [1.807, 2.05) is 19.1 Å². The van der Waals surface area contributed by atoms with Gasteiger partial charge in [0.1, 0.15) is 5.82 Å². The summed E-state index contributed by atoms with van der Waals surface area (Å²) in [5, 5.41) is 3.40. The maximum Gasteiger partial charge on any atom is 0.203 e. The Morgan fingerprint density at radius 2 is 1.86 bits per heavy atom. The number of aromatic nitrogens is 2. The van der Waals surface area contributed by atoms with Gasteiger partial charge in [0.25, 0.3) is 0 Å². The summed E-state index contributed by atoms with van der Waals surface area (Å²) < 4.78 is 15.1. The Morgan fingerprint density at radius 1 is 1.19 bits per heavy atom. The number of imidazole rings is 1. The van der Waals surface area contributed by atoms with Crippen molar-refractivity contribution >= 4 is 5.95 Å². The summed E-state index contributed by atoms with van der Waals surface area (Å²) in [4.78, 5) is 4.55. The van der Waals surface area contributed by atoms with Crippen LogP contribution < -0.4 is 5.32 Å². The Bertz CT molecular complexity index is 572. The number of hydrogen-bond acceptors (Lipinski definition) is 2. The van der Waals surface area contributed by atoms with E-state index in [0.29, 0.717) is 5.92 Å². The van der Waals surface area contributed by atoms with Gasteiger partial charge in [-0.1, -0.05) is 26.0 Å². The molecule has 0 aliphatic rings. The van der Waals surface area contributed by atoms with E-state index in [1.54, 1.807) is 0 Å². The Morgan fingerprint density at radius 3 is 2.48 bits per heavy atom. The van der Waals surface area contributed by atoms with E-state index in [9.17, 15) is 4.39 Å². The Hall–Kier alpha value is -1.84. The van der Waals surface area contributed by atoms with Crippen molar-refractivity contribution < 1.29 is 4.39 Å². The summed E-state index contributed by atoms with van der Waals surface area (Å²) in [6, 6.07) is 6.98. The van der Waals surface area contributed by atoms with Crippen LogP contribution in [0.4, 0.5) is 10.3 Å². The highest BCUT2D eigenvalue weighted by atomic mass is 19.1. The minimum atomic E-state index is -0.191. The van der Waals surface area contributed by atoms with E-state index in [0.717, 1.165) is 30.2 Å². The van der Waals surface area contributed by atoms with Crippen molar-refractivity contribution in [2.45, 2.75) is 40.2 Å². The zero-order valence-corrected chi connectivity index (χ0v) is 13.2. The Kier molecular flexibility index (Phi) is 4.99. The molecule has 1 atom stereocenters. The number of anilines is 1. The van der Waals surface area contributed by atoms with Crippen molar-refractivity contribution in [1.82, 2.24) is 9.55 Å². The summed E-state index contributed by atoms with van der Waals surface area (Å²) in [5.74, 6) is 1.29. The SMILES string of the molecule is Cc1cn(C(C)Cc2ccc(F)cc2)c(NCC(C)C)n1. The van der Waals surface area contributed by atoms with Gasteiger partial charge in [-0.3, -0.25) is 0 Å². The number of aryl methyl sites for hydroxylation is 1. The molecule has 0 bridgehead atoms. The van der Waals surface area contributed by atoms with Gasteiger partial charge in [0.15, 0.2) is 0 Å². The van der Waals surface area contributed by atoms with Gasteiger partial charge in [0, 0.05) is 18.8 Å². The van der Waals surface area contributed by atoms with Crippen LogP contribution in [0.25, 0.3) is 0 Å². The number of rotatable bonds is 6. The largest absolute Gasteiger partial charge is 0.355 e. The Labute approximate surface area is 126 Å². The molecule has 1 aromatic heterocycles. The lowest BCUT2D eigenvalue weighted by atomic mass is 10.1. The first-order valence-electron chi connectivity index (χ1n) is 7.49. The molecule has 21 heavy (non-hydrogen) atoms. The summed E-state index contributed by atoms with van der Waals surface area (Å²) in [7, 11) is 0. The molecule has 0 fully saturated rings. The van der Waals surface area contributed by atoms with E-state index < -0.39 is 0 Å². The van der Waals surface area contributed by atoms with Crippen molar-refractivity contribution in [3.8, 4) is 0 Å². The highest BCUT2D eigenvalue weighted by molar-refractivity contribution is 5.30. The molecule has 1 unspecified atom stereocenters. The van der Waals surface area contributed by atoms with Gasteiger partial charge < -0.3 is 9.88 Å². The minimum absolute atomic E-state index is 0.191. The normalized spacial score (nSPS) is 12.7. The zero-order valence-electron chi connectivity index (χ0n) is 13.2. The van der Waals surface area contributed by atoms with Crippen LogP contribution in [0.15, 0.2) is 30.5 Å². The Balaban J connectivity index is 2.10. The lowest BCUT2D eigenvalue weighted by Gasteiger charge is -2.18. The van der Waals surface area contributed by atoms with Crippen molar-refractivity contribution in [3.63, 3.8) is 0 Å². The predicted molar refractivity (Wildman–Crippen MR) is 85.1 cm³/mol. The fourth-order valence-electron chi connectivity index (χ4n) is 2.34. The van der Waals surface area contributed by atoms with Crippen LogP contribution in [-0.4, -0.2) is 16.1 Å². The second kappa shape index (κ2) is 6.74. The number of nitrogens with zero attached hydrogens (tertiary/aromatic N) is 2. The van der Waals surface area contributed by atoms with Crippen molar-refractivity contribution in [3.05, 3.63) is 47.5 Å². The first kappa shape index (κ1) is 15.5. The van der Waals surface area contributed by atoms with Gasteiger partial charge in [-0.25, -0.2) is 9.37 Å². The van der Waals surface area contributed by atoms with Gasteiger partial charge in [-0.15, -0.1) is 0 Å². The average Bonchev–Trinajstić information content (AvgIpc) is 2.80. The first-order chi connectivity index (χ1) is 9.95. The quantitative estimate of drug-likeness (QED) is 0.863. The molecule has 1 aromatic carbocycles. The maximum absolute atomic E-state index is 13.0. The standard InChI is InChI=1S/C17H24FN3/c1-12(2)10-19-17-20-13(3)11-21(17)14(4)9-15-5-7-16(18)8-6-15/h5-8,11-12,14H,9-10H2,1-4H3,(H,19,20). The molecular formula is C17H24FN3. The lowest BCUT2D eigenvalue weighted by Crippen LogP contribution is -2.15. The molecule has 0 saturated carbocycles. The number of hydrogen-bond donors (Lipinski definition) is 1. The molecule has 3 nitrogen and oxygen atoms in total. The molecule has 0 aliphatic carbocycles. The topological polar surface area (TPSA) is 29.9 Å². The summed E-state index contributed by atoms with van der Waals surface area (Å²) >= 11 is 0. The van der Waals surface area contributed by atoms with Crippen LogP contribution in [0.5, 0.6) is 0 Å². The van der Waals surface area contributed by atoms with Gasteiger partial charge in [0.2, 0.25) is 5.95 Å². The number of nitrogens with one attached hydrogen (secondary N) is 1. The van der Waals surface area contributed by atoms with Gasteiger partial charge in [0.05, 0.1) is 5.69 Å². The molecule has 0 aliphatic heterocycles. The van der Waals surface area contributed by atoms with E-state index in [-0.39, 0.29) is 11.9 Å². The lowest BCUT2D eigenvalue weighted by molar-refractivity contribution is 0.544. The summed E-state index contributed by atoms with van der Waals surface area (Å²) in [6.45, 7) is 9.41. The first-order valence-corrected chi connectivity index (χ1v) is 7.49. The van der Waals surface area contributed by atoms with Gasteiger partial charge in [-0.05, 0) is 43.9 Å². The van der Waals surface area contributed by atoms with Crippen LogP contribution in [0.2, 0.25) is 0 Å². The molecular weight excluding hydrogens is 265 g/mol. The third-order valence-corrected chi connectivity index (χ3v) is 3.44. The number of halogens is 1. The predicted octanol–water partition coefficient (Wildman–Crippen LogP) is 4.20. The molecule has 1 heterocycles. The summed E-state index contributed by atoms with van der Waals surface area (Å²) in [6.07, 6.45) is 2.92. The minimum Gasteiger partial charge on any atom is -0.355 e. The number of benzene rings is 1. The third kappa shape index (κ3) is 4.31. The smallest absolute Gasteiger partial charge is 0.203 e. The van der Waals surface area contributed by atoms with Crippen LogP contribution in [0.3, 0.4) is 0 Å². The van der Waals surface area contributed by atoms with E-state index in [1.165, 1.54) is 12.1 Å². The van der Waals surface area contributed by atoms with E-state index in [4.69, 9.17) is 0 Å². The van der Waals surface area contributed by atoms with Gasteiger partial charge >= 0.3 is 0 Å². The van der Waals surface area contributed by atoms with Crippen LogP contribution in [0, 0.1) is 18.7 Å². The zero-order chi connectivity index (χ0) is 15.4. The average molecular weight is 289 g/mol. The molecule has 0 spiro atoms. The monoisotopic (exact) mass is 289 g/mol. The summed E-state index contributed by atoms with van der Waals surface area (Å²) in [5.41, 5.74) is 2.14. The molecule has 2 rings (SSSR count). The van der Waals surface area contributed by atoms with Crippen LogP contribution >= 0.6 is 0 Å². The third-order valence-electron chi connectivity index (χ3n) is 3.44. The molecule has 0 saturated heterocycles. The van der Waals surface area contributed by atoms with E-state index >= 15 is 0 Å². The fraction of sp³-hybridized carbons (Fsp3) is 0.471. The molecule has 2 aromatic rings. The van der Waals surface area contributed by atoms with Crippen LogP contribution in [0.1, 0.15) is 38.1 Å². The van der Waals surface area contributed by atoms with Crippen molar-refractivity contribution in [1.29, 1.82) is 0 Å². The highest BCUT2D eigenvalue weighted by Crippen LogP contribution is 2.20. The molecule has 0 amide bonds. The highest BCUT2D eigenvalue weighted by Gasteiger charge is 2.12. The van der Waals surface area contributed by atoms with Crippen molar-refractivity contribution in [2.24, 2.45) is 5.92 Å². The molecule has 1 N–H and O–H groups in total. The fourth-order valence-corrected chi connectivity index (χ4v) is 2.34. The molecule has 114 valence electrons. The molecule has 0 radical (unpaired) electrons. The van der Waals surface area contributed by atoms with E-state index in [2.05, 4.69) is 41.8 Å². The second-order valence-electron chi connectivity index (χ2n) is 6.07. The van der Waals surface area contributed by atoms with Crippen LogP contribution in [-0.2, 0) is 6.42 Å². The second-order valence-corrected chi connectivity index (χ2v) is 6.07. The van der Waals surface area contributed by atoms with Crippen molar-refractivity contribution in [2.75, 3.05) is 11.9 Å².